The molecule has 0 aromatic carbocycles. The van der Waals surface area contributed by atoms with Crippen LogP contribution in [0.5, 0.6) is 0 Å². The van der Waals surface area contributed by atoms with Gasteiger partial charge in [-0.05, 0) is 55.8 Å². The molecule has 3 fully saturated rings. The third-order valence-corrected chi connectivity index (χ3v) is 6.94. The first-order valence-electron chi connectivity index (χ1n) is 10.7. The summed E-state index contributed by atoms with van der Waals surface area (Å²) in [5.41, 5.74) is 1.20. The van der Waals surface area contributed by atoms with E-state index in [9.17, 15) is 4.79 Å². The minimum atomic E-state index is -0.0994. The highest BCUT2D eigenvalue weighted by Crippen LogP contribution is 2.41. The molecule has 1 spiro atoms. The van der Waals surface area contributed by atoms with Crippen molar-refractivity contribution < 1.29 is 4.79 Å². The molecule has 0 bridgehead atoms. The summed E-state index contributed by atoms with van der Waals surface area (Å²) in [6.07, 6.45) is 15.2. The van der Waals surface area contributed by atoms with E-state index in [0.717, 1.165) is 51.5 Å². The molecule has 3 heterocycles. The minimum absolute atomic E-state index is 0.0994. The summed E-state index contributed by atoms with van der Waals surface area (Å²) in [5.74, 6) is 1.32. The average molecular weight is 356 g/mol. The minimum Gasteiger partial charge on any atom is -0.342 e. The van der Waals surface area contributed by atoms with E-state index < -0.39 is 0 Å². The van der Waals surface area contributed by atoms with Gasteiger partial charge in [-0.15, -0.1) is 0 Å². The largest absolute Gasteiger partial charge is 0.342 e. The highest BCUT2D eigenvalue weighted by Gasteiger charge is 2.48. The topological polar surface area (TPSA) is 36.4 Å². The number of carbonyl (C=O) groups excluding carboxylic acids is 1. The van der Waals surface area contributed by atoms with Crippen molar-refractivity contribution in [3.63, 3.8) is 0 Å². The van der Waals surface area contributed by atoms with E-state index in [-0.39, 0.29) is 5.41 Å². The molecular weight excluding hydrogens is 322 g/mol. The Bertz CT molecular complexity index is 599. The molecule has 0 radical (unpaired) electrons. The van der Waals surface area contributed by atoms with E-state index in [0.29, 0.717) is 5.91 Å². The first-order valence-corrected chi connectivity index (χ1v) is 10.7. The van der Waals surface area contributed by atoms with Crippen molar-refractivity contribution in [2.24, 2.45) is 11.3 Å². The van der Waals surface area contributed by atoms with Crippen molar-refractivity contribution in [3.05, 3.63) is 30.1 Å². The zero-order chi connectivity index (χ0) is 17.8. The summed E-state index contributed by atoms with van der Waals surface area (Å²) in [6.45, 7) is 4.91. The summed E-state index contributed by atoms with van der Waals surface area (Å²) >= 11 is 0. The Balaban J connectivity index is 1.33. The number of amides is 1. The molecule has 4 nitrogen and oxygen atoms in total. The maximum atomic E-state index is 13.3. The second kappa shape index (κ2) is 8.08. The quantitative estimate of drug-likeness (QED) is 0.804. The average Bonchev–Trinajstić information content (AvgIpc) is 3.08. The first kappa shape index (κ1) is 18.0. The van der Waals surface area contributed by atoms with Gasteiger partial charge in [0.25, 0.3) is 0 Å². The lowest BCUT2D eigenvalue weighted by molar-refractivity contribution is -0.145. The number of hydrogen-bond donors (Lipinski definition) is 0. The van der Waals surface area contributed by atoms with Crippen LogP contribution in [0.25, 0.3) is 0 Å². The number of likely N-dealkylation sites (tertiary alicyclic amines) is 2. The molecule has 1 aromatic heterocycles. The second-order valence-corrected chi connectivity index (χ2v) is 8.78. The van der Waals surface area contributed by atoms with Crippen LogP contribution in [0.3, 0.4) is 0 Å². The summed E-state index contributed by atoms with van der Waals surface area (Å²) in [6, 6.07) is 4.17. The molecule has 1 amide bonds. The summed E-state index contributed by atoms with van der Waals surface area (Å²) in [7, 11) is 0. The predicted octanol–water partition coefficient (Wildman–Crippen LogP) is 3.87. The number of aromatic nitrogens is 1. The normalized spacial score (nSPS) is 28.2. The highest BCUT2D eigenvalue weighted by molar-refractivity contribution is 5.84. The van der Waals surface area contributed by atoms with Crippen LogP contribution in [-0.2, 0) is 11.3 Å². The number of nitrogens with zero attached hydrogens (tertiary/aromatic N) is 3. The van der Waals surface area contributed by atoms with Gasteiger partial charge >= 0.3 is 0 Å². The predicted molar refractivity (Wildman–Crippen MR) is 104 cm³/mol. The van der Waals surface area contributed by atoms with E-state index in [1.165, 1.54) is 50.5 Å². The van der Waals surface area contributed by atoms with Crippen LogP contribution >= 0.6 is 0 Å². The van der Waals surface area contributed by atoms with Crippen LogP contribution in [0, 0.1) is 11.3 Å². The van der Waals surface area contributed by atoms with Gasteiger partial charge in [-0.3, -0.25) is 14.7 Å². The molecule has 0 N–H and O–H groups in total. The molecule has 1 aliphatic carbocycles. The molecule has 1 saturated carbocycles. The van der Waals surface area contributed by atoms with Gasteiger partial charge in [0.1, 0.15) is 0 Å². The molecule has 26 heavy (non-hydrogen) atoms. The van der Waals surface area contributed by atoms with Crippen molar-refractivity contribution in [1.82, 2.24) is 14.8 Å². The summed E-state index contributed by atoms with van der Waals surface area (Å²) < 4.78 is 0. The van der Waals surface area contributed by atoms with Crippen LogP contribution in [0.2, 0.25) is 0 Å². The van der Waals surface area contributed by atoms with Gasteiger partial charge < -0.3 is 4.90 Å². The Morgan fingerprint density at radius 3 is 2.65 bits per heavy atom. The molecular formula is C22H33N3O. The van der Waals surface area contributed by atoms with Crippen molar-refractivity contribution in [2.75, 3.05) is 26.2 Å². The summed E-state index contributed by atoms with van der Waals surface area (Å²) in [4.78, 5) is 22.1. The van der Waals surface area contributed by atoms with Crippen molar-refractivity contribution >= 4 is 5.91 Å². The number of carbonyl (C=O) groups is 1. The van der Waals surface area contributed by atoms with Gasteiger partial charge in [-0.1, -0.05) is 32.1 Å². The second-order valence-electron chi connectivity index (χ2n) is 8.78. The number of rotatable bonds is 5. The zero-order valence-electron chi connectivity index (χ0n) is 16.0. The van der Waals surface area contributed by atoms with Crippen LogP contribution in [-0.4, -0.2) is 46.9 Å². The van der Waals surface area contributed by atoms with E-state index in [1.54, 1.807) is 0 Å². The van der Waals surface area contributed by atoms with Gasteiger partial charge in [-0.2, -0.15) is 0 Å². The Hall–Kier alpha value is -1.42. The number of hydrogen-bond acceptors (Lipinski definition) is 3. The molecule has 2 aliphatic heterocycles. The first-order chi connectivity index (χ1) is 12.8. The van der Waals surface area contributed by atoms with E-state index in [1.807, 2.05) is 12.4 Å². The van der Waals surface area contributed by atoms with Gasteiger partial charge in [-0.25, -0.2) is 0 Å². The van der Waals surface area contributed by atoms with Crippen molar-refractivity contribution in [2.45, 2.75) is 64.3 Å². The maximum absolute atomic E-state index is 13.3. The van der Waals surface area contributed by atoms with E-state index in [2.05, 4.69) is 26.9 Å². The van der Waals surface area contributed by atoms with Crippen LogP contribution in [0.1, 0.15) is 63.4 Å². The molecule has 3 aliphatic rings. The fourth-order valence-corrected chi connectivity index (χ4v) is 5.40. The highest BCUT2D eigenvalue weighted by atomic mass is 16.2. The monoisotopic (exact) mass is 355 g/mol. The van der Waals surface area contributed by atoms with Crippen molar-refractivity contribution in [1.29, 1.82) is 0 Å². The zero-order valence-corrected chi connectivity index (χ0v) is 16.0. The van der Waals surface area contributed by atoms with Gasteiger partial charge in [0.05, 0.1) is 5.41 Å². The SMILES string of the molecule is O=C1N(CCC2CCCCC2)CCC[C@@]12CCN(Cc1ccncc1)C2. The molecule has 4 rings (SSSR count). The third-order valence-electron chi connectivity index (χ3n) is 6.94. The van der Waals surface area contributed by atoms with Gasteiger partial charge in [0.2, 0.25) is 5.91 Å². The van der Waals surface area contributed by atoms with E-state index >= 15 is 0 Å². The molecule has 142 valence electrons. The lowest BCUT2D eigenvalue weighted by Crippen LogP contribution is -2.50. The fraction of sp³-hybridized carbons (Fsp3) is 0.727. The molecule has 1 atom stereocenters. The smallest absolute Gasteiger partial charge is 0.230 e. The van der Waals surface area contributed by atoms with Gasteiger partial charge in [0.15, 0.2) is 0 Å². The maximum Gasteiger partial charge on any atom is 0.230 e. The Morgan fingerprint density at radius 1 is 1.04 bits per heavy atom. The Kier molecular flexibility index (Phi) is 5.58. The van der Waals surface area contributed by atoms with Crippen LogP contribution < -0.4 is 0 Å². The summed E-state index contributed by atoms with van der Waals surface area (Å²) in [5, 5.41) is 0. The van der Waals surface area contributed by atoms with Gasteiger partial charge in [0, 0.05) is 38.6 Å². The van der Waals surface area contributed by atoms with Crippen LogP contribution in [0.4, 0.5) is 0 Å². The lowest BCUT2D eigenvalue weighted by Gasteiger charge is -2.40. The number of pyridine rings is 1. The molecule has 1 aromatic rings. The number of piperidine rings is 1. The van der Waals surface area contributed by atoms with Crippen LogP contribution in [0.15, 0.2) is 24.5 Å². The molecule has 4 heteroatoms. The standard InChI is InChI=1S/C22H33N3O/c26-21-22(11-16-24(18-22)17-20-7-12-23-13-8-20)10-4-14-25(21)15-9-19-5-2-1-3-6-19/h7-8,12-13,19H,1-6,9-11,14-18H2/t22-/m0/s1. The lowest BCUT2D eigenvalue weighted by atomic mass is 9.78. The molecule has 0 unspecified atom stereocenters. The fourth-order valence-electron chi connectivity index (χ4n) is 5.40. The Morgan fingerprint density at radius 2 is 1.85 bits per heavy atom. The van der Waals surface area contributed by atoms with E-state index in [4.69, 9.17) is 0 Å². The third kappa shape index (κ3) is 3.95. The Labute approximate surface area is 158 Å². The molecule has 2 saturated heterocycles. The van der Waals surface area contributed by atoms with Crippen molar-refractivity contribution in [3.8, 4) is 0 Å².